The Hall–Kier alpha value is -2.04. The minimum Gasteiger partial charge on any atom is -0.465 e. The zero-order valence-corrected chi connectivity index (χ0v) is 15.9. The van der Waals surface area contributed by atoms with Crippen molar-refractivity contribution in [1.29, 1.82) is 0 Å². The molecule has 0 N–H and O–H groups in total. The van der Waals surface area contributed by atoms with Crippen LogP contribution in [-0.2, 0) is 20.7 Å². The predicted octanol–water partition coefficient (Wildman–Crippen LogP) is 4.07. The lowest BCUT2D eigenvalue weighted by Gasteiger charge is -2.25. The number of hydrogen-bond donors (Lipinski definition) is 0. The summed E-state index contributed by atoms with van der Waals surface area (Å²) in [5.74, 6) is -0.697. The Morgan fingerprint density at radius 1 is 1.19 bits per heavy atom. The third-order valence-electron chi connectivity index (χ3n) is 4.49. The van der Waals surface area contributed by atoms with E-state index in [0.29, 0.717) is 16.6 Å². The molecule has 3 rings (SSSR count). The van der Waals surface area contributed by atoms with Crippen molar-refractivity contribution in [3.8, 4) is 0 Å². The SMILES string of the molecule is CCOC(=O)CN1CC(c2ccccc2Cl)c2cc(Cl)ccc2CC1=O. The highest BCUT2D eigenvalue weighted by molar-refractivity contribution is 6.31. The molecular weight excluding hydrogens is 373 g/mol. The highest BCUT2D eigenvalue weighted by atomic mass is 35.5. The number of benzene rings is 2. The van der Waals surface area contributed by atoms with E-state index in [-0.39, 0.29) is 31.4 Å². The molecule has 0 aromatic heterocycles. The minimum absolute atomic E-state index is 0.0741. The van der Waals surface area contributed by atoms with Gasteiger partial charge in [0, 0.05) is 22.5 Å². The van der Waals surface area contributed by atoms with E-state index in [2.05, 4.69) is 0 Å². The molecule has 0 aliphatic carbocycles. The third-order valence-corrected chi connectivity index (χ3v) is 5.07. The lowest BCUT2D eigenvalue weighted by atomic mass is 9.88. The molecule has 2 aromatic rings. The summed E-state index contributed by atoms with van der Waals surface area (Å²) in [6.45, 7) is 2.29. The van der Waals surface area contributed by atoms with Gasteiger partial charge in [-0.2, -0.15) is 0 Å². The molecule has 26 heavy (non-hydrogen) atoms. The van der Waals surface area contributed by atoms with Gasteiger partial charge >= 0.3 is 5.97 Å². The van der Waals surface area contributed by atoms with Gasteiger partial charge in [0.25, 0.3) is 0 Å². The second kappa shape index (κ2) is 8.11. The summed E-state index contributed by atoms with van der Waals surface area (Å²) >= 11 is 12.6. The van der Waals surface area contributed by atoms with E-state index in [4.69, 9.17) is 27.9 Å². The van der Waals surface area contributed by atoms with Gasteiger partial charge in [-0.05, 0) is 41.8 Å². The number of halogens is 2. The average Bonchev–Trinajstić information content (AvgIpc) is 2.73. The Kier molecular flexibility index (Phi) is 5.84. The van der Waals surface area contributed by atoms with Crippen molar-refractivity contribution in [2.24, 2.45) is 0 Å². The van der Waals surface area contributed by atoms with Gasteiger partial charge in [0.1, 0.15) is 6.54 Å². The van der Waals surface area contributed by atoms with Crippen LogP contribution in [0.5, 0.6) is 0 Å². The Morgan fingerprint density at radius 2 is 1.96 bits per heavy atom. The maximum atomic E-state index is 12.7. The van der Waals surface area contributed by atoms with Crippen LogP contribution in [-0.4, -0.2) is 36.5 Å². The van der Waals surface area contributed by atoms with E-state index in [1.165, 1.54) is 0 Å². The topological polar surface area (TPSA) is 46.6 Å². The molecule has 4 nitrogen and oxygen atoms in total. The van der Waals surface area contributed by atoms with Crippen LogP contribution in [0.15, 0.2) is 42.5 Å². The van der Waals surface area contributed by atoms with E-state index in [9.17, 15) is 9.59 Å². The van der Waals surface area contributed by atoms with Crippen LogP contribution in [0.1, 0.15) is 29.5 Å². The average molecular weight is 392 g/mol. The molecule has 2 aromatic carbocycles. The first-order chi connectivity index (χ1) is 12.5. The summed E-state index contributed by atoms with van der Waals surface area (Å²) in [6.07, 6.45) is 0.215. The molecule has 0 saturated carbocycles. The molecule has 0 bridgehead atoms. The number of rotatable bonds is 4. The van der Waals surface area contributed by atoms with Crippen LogP contribution in [0.4, 0.5) is 0 Å². The molecule has 6 heteroatoms. The van der Waals surface area contributed by atoms with Gasteiger partial charge in [0.05, 0.1) is 13.0 Å². The number of carbonyl (C=O) groups is 2. The van der Waals surface area contributed by atoms with E-state index in [1.807, 2.05) is 36.4 Å². The number of ether oxygens (including phenoxy) is 1. The normalized spacial score (nSPS) is 16.8. The summed E-state index contributed by atoms with van der Waals surface area (Å²) in [4.78, 5) is 26.2. The first-order valence-electron chi connectivity index (χ1n) is 8.45. The van der Waals surface area contributed by atoms with Crippen LogP contribution in [0.3, 0.4) is 0 Å². The highest BCUT2D eigenvalue weighted by Crippen LogP contribution is 2.36. The lowest BCUT2D eigenvalue weighted by molar-refractivity contribution is -0.148. The van der Waals surface area contributed by atoms with Crippen molar-refractivity contribution in [2.75, 3.05) is 19.7 Å². The van der Waals surface area contributed by atoms with Crippen molar-refractivity contribution in [3.05, 3.63) is 69.2 Å². The predicted molar refractivity (Wildman–Crippen MR) is 102 cm³/mol. The van der Waals surface area contributed by atoms with E-state index >= 15 is 0 Å². The number of esters is 1. The zero-order chi connectivity index (χ0) is 18.7. The van der Waals surface area contributed by atoms with Crippen molar-refractivity contribution >= 4 is 35.1 Å². The largest absolute Gasteiger partial charge is 0.465 e. The van der Waals surface area contributed by atoms with Crippen LogP contribution in [0, 0.1) is 0 Å². The Bertz CT molecular complexity index is 838. The molecule has 1 aliphatic heterocycles. The number of hydrogen-bond acceptors (Lipinski definition) is 3. The van der Waals surface area contributed by atoms with Crippen molar-refractivity contribution < 1.29 is 14.3 Å². The molecule has 1 aliphatic rings. The second-order valence-corrected chi connectivity index (χ2v) is 7.02. The van der Waals surface area contributed by atoms with E-state index in [1.54, 1.807) is 17.9 Å². The van der Waals surface area contributed by atoms with E-state index < -0.39 is 5.97 Å². The van der Waals surface area contributed by atoms with Crippen LogP contribution in [0.2, 0.25) is 10.0 Å². The molecule has 0 saturated heterocycles. The van der Waals surface area contributed by atoms with Gasteiger partial charge in [-0.25, -0.2) is 0 Å². The van der Waals surface area contributed by atoms with Gasteiger partial charge in [-0.3, -0.25) is 9.59 Å². The van der Waals surface area contributed by atoms with Gasteiger partial charge in [0.2, 0.25) is 5.91 Å². The second-order valence-electron chi connectivity index (χ2n) is 6.17. The molecule has 1 unspecified atom stereocenters. The standard InChI is InChI=1S/C20H19Cl2NO3/c1-2-26-20(25)12-23-11-17(15-5-3-4-6-18(15)22)16-10-14(21)8-7-13(16)9-19(23)24/h3-8,10,17H,2,9,11-12H2,1H3. The summed E-state index contributed by atoms with van der Waals surface area (Å²) < 4.78 is 5.01. The maximum Gasteiger partial charge on any atom is 0.325 e. The highest BCUT2D eigenvalue weighted by Gasteiger charge is 2.31. The molecule has 1 amide bonds. The number of fused-ring (bicyclic) bond motifs is 1. The number of nitrogens with zero attached hydrogens (tertiary/aromatic N) is 1. The summed E-state index contributed by atoms with van der Waals surface area (Å²) in [5, 5.41) is 1.22. The molecular formula is C20H19Cl2NO3. The van der Waals surface area contributed by atoms with Crippen LogP contribution in [0.25, 0.3) is 0 Å². The summed E-state index contributed by atoms with van der Waals surface area (Å²) in [5.41, 5.74) is 2.77. The fraction of sp³-hybridized carbons (Fsp3) is 0.300. The third kappa shape index (κ3) is 4.02. The van der Waals surface area contributed by atoms with Crippen LogP contribution < -0.4 is 0 Å². The van der Waals surface area contributed by atoms with Gasteiger partial charge in [0.15, 0.2) is 0 Å². The molecule has 136 valence electrons. The van der Waals surface area contributed by atoms with Gasteiger partial charge < -0.3 is 9.64 Å². The van der Waals surface area contributed by atoms with Gasteiger partial charge in [-0.1, -0.05) is 47.5 Å². The summed E-state index contributed by atoms with van der Waals surface area (Å²) in [7, 11) is 0. The molecule has 0 spiro atoms. The Labute approximate surface area is 162 Å². The summed E-state index contributed by atoms with van der Waals surface area (Å²) in [6, 6.07) is 13.1. The quantitative estimate of drug-likeness (QED) is 0.737. The molecule has 0 radical (unpaired) electrons. The van der Waals surface area contributed by atoms with Crippen molar-refractivity contribution in [2.45, 2.75) is 19.3 Å². The fourth-order valence-electron chi connectivity index (χ4n) is 3.29. The first kappa shape index (κ1) is 18.7. The monoisotopic (exact) mass is 391 g/mol. The molecule has 0 fully saturated rings. The van der Waals surface area contributed by atoms with Crippen molar-refractivity contribution in [1.82, 2.24) is 4.90 Å². The molecule has 1 heterocycles. The number of carbonyl (C=O) groups excluding carboxylic acids is 2. The van der Waals surface area contributed by atoms with Gasteiger partial charge in [-0.15, -0.1) is 0 Å². The fourth-order valence-corrected chi connectivity index (χ4v) is 3.73. The van der Waals surface area contributed by atoms with Crippen molar-refractivity contribution in [3.63, 3.8) is 0 Å². The molecule has 1 atom stereocenters. The Morgan fingerprint density at radius 3 is 2.69 bits per heavy atom. The van der Waals surface area contributed by atoms with E-state index in [0.717, 1.165) is 16.7 Å². The maximum absolute atomic E-state index is 12.7. The number of amides is 1. The Balaban J connectivity index is 2.03. The lowest BCUT2D eigenvalue weighted by Crippen LogP contribution is -2.38. The zero-order valence-electron chi connectivity index (χ0n) is 14.4. The van der Waals surface area contributed by atoms with Crippen LogP contribution >= 0.6 is 23.2 Å². The minimum atomic E-state index is -0.414. The smallest absolute Gasteiger partial charge is 0.325 e. The first-order valence-corrected chi connectivity index (χ1v) is 9.21.